The van der Waals surface area contributed by atoms with E-state index in [1.165, 1.54) is 5.56 Å². The summed E-state index contributed by atoms with van der Waals surface area (Å²) in [6, 6.07) is 8.20. The van der Waals surface area contributed by atoms with E-state index in [4.69, 9.17) is 14.0 Å². The zero-order valence-corrected chi connectivity index (χ0v) is 17.2. The molecular weight excluding hydrogens is 370 g/mol. The Kier molecular flexibility index (Phi) is 6.25. The fourth-order valence-electron chi connectivity index (χ4n) is 3.93. The molecule has 0 unspecified atom stereocenters. The summed E-state index contributed by atoms with van der Waals surface area (Å²) in [7, 11) is 0. The second-order valence-electron chi connectivity index (χ2n) is 8.12. The van der Waals surface area contributed by atoms with E-state index in [1.807, 2.05) is 17.0 Å². The number of nitrogens with zero attached hydrogens (tertiary/aromatic N) is 3. The Hall–Kier alpha value is -2.25. The highest BCUT2D eigenvalue weighted by molar-refractivity contribution is 5.76. The number of carbonyl (C=O) groups is 1. The van der Waals surface area contributed by atoms with Crippen LogP contribution in [0.15, 0.2) is 28.8 Å². The van der Waals surface area contributed by atoms with Crippen molar-refractivity contribution < 1.29 is 18.8 Å². The van der Waals surface area contributed by atoms with E-state index in [0.29, 0.717) is 49.6 Å². The first-order valence-corrected chi connectivity index (χ1v) is 10.5. The highest BCUT2D eigenvalue weighted by atomic mass is 16.7. The Morgan fingerprint density at radius 1 is 1.14 bits per heavy atom. The number of carbonyl (C=O) groups excluding carboxylic acids is 1. The first kappa shape index (κ1) is 20.0. The van der Waals surface area contributed by atoms with E-state index in [1.54, 1.807) is 0 Å². The third-order valence-electron chi connectivity index (χ3n) is 5.78. The maximum Gasteiger partial charge on any atom is 0.227 e. The van der Waals surface area contributed by atoms with E-state index >= 15 is 0 Å². The third-order valence-corrected chi connectivity index (χ3v) is 5.78. The Bertz CT molecular complexity index is 804. The van der Waals surface area contributed by atoms with Gasteiger partial charge in [-0.25, -0.2) is 0 Å². The molecule has 2 aliphatic rings. The summed E-state index contributed by atoms with van der Waals surface area (Å²) < 4.78 is 16.5. The molecule has 7 heteroatoms. The summed E-state index contributed by atoms with van der Waals surface area (Å²) in [5.41, 5.74) is 2.20. The second-order valence-corrected chi connectivity index (χ2v) is 8.12. The van der Waals surface area contributed by atoms with Crippen LogP contribution in [0.25, 0.3) is 11.4 Å². The number of hydrogen-bond donors (Lipinski definition) is 0. The van der Waals surface area contributed by atoms with Gasteiger partial charge in [-0.1, -0.05) is 43.3 Å². The van der Waals surface area contributed by atoms with E-state index in [2.05, 4.69) is 36.1 Å². The first-order chi connectivity index (χ1) is 14.1. The lowest BCUT2D eigenvalue weighted by molar-refractivity contribution is -0.136. The van der Waals surface area contributed by atoms with Crippen LogP contribution in [0.2, 0.25) is 0 Å². The van der Waals surface area contributed by atoms with E-state index in [9.17, 15) is 4.79 Å². The van der Waals surface area contributed by atoms with Crippen LogP contribution >= 0.6 is 0 Å². The molecule has 0 N–H and O–H groups in total. The Balaban J connectivity index is 1.26. The molecule has 3 heterocycles. The highest BCUT2D eigenvalue weighted by Crippen LogP contribution is 2.26. The van der Waals surface area contributed by atoms with Crippen molar-refractivity contribution in [1.82, 2.24) is 15.0 Å². The van der Waals surface area contributed by atoms with Crippen LogP contribution in [0.3, 0.4) is 0 Å². The van der Waals surface area contributed by atoms with Crippen LogP contribution in [-0.2, 0) is 20.7 Å². The molecule has 0 radical (unpaired) electrons. The molecule has 1 aromatic heterocycles. The van der Waals surface area contributed by atoms with E-state index in [0.717, 1.165) is 31.5 Å². The van der Waals surface area contributed by atoms with Crippen molar-refractivity contribution in [2.45, 2.75) is 51.7 Å². The third kappa shape index (κ3) is 4.85. The van der Waals surface area contributed by atoms with Crippen molar-refractivity contribution in [2.24, 2.45) is 5.92 Å². The second kappa shape index (κ2) is 9.05. The van der Waals surface area contributed by atoms with Gasteiger partial charge in [0.05, 0.1) is 13.2 Å². The monoisotopic (exact) mass is 399 g/mol. The van der Waals surface area contributed by atoms with Crippen LogP contribution in [0, 0.1) is 5.92 Å². The van der Waals surface area contributed by atoms with Gasteiger partial charge in [0.1, 0.15) is 0 Å². The predicted molar refractivity (Wildman–Crippen MR) is 107 cm³/mol. The number of ether oxygens (including phenoxy) is 2. The summed E-state index contributed by atoms with van der Waals surface area (Å²) in [6.45, 7) is 7.19. The minimum absolute atomic E-state index is 0.0846. The SMILES string of the molecule is CC(C)c1ccc(-c2noc(CCC(=O)N3CCC(C4OCCO4)CC3)n2)cc1. The number of hydrogen-bond acceptors (Lipinski definition) is 6. The van der Waals surface area contributed by atoms with Crippen LogP contribution in [0.1, 0.15) is 50.5 Å². The van der Waals surface area contributed by atoms with E-state index < -0.39 is 0 Å². The molecule has 2 aromatic rings. The molecule has 0 spiro atoms. The average molecular weight is 399 g/mol. The van der Waals surface area contributed by atoms with Gasteiger partial charge in [0.15, 0.2) is 6.29 Å². The predicted octanol–water partition coefficient (Wildman–Crippen LogP) is 3.40. The Morgan fingerprint density at radius 3 is 2.48 bits per heavy atom. The number of rotatable bonds is 6. The fourth-order valence-corrected chi connectivity index (χ4v) is 3.93. The molecule has 0 atom stereocenters. The van der Waals surface area contributed by atoms with Crippen LogP contribution in [0.5, 0.6) is 0 Å². The Morgan fingerprint density at radius 2 is 1.83 bits per heavy atom. The summed E-state index contributed by atoms with van der Waals surface area (Å²) in [5.74, 6) is 2.09. The van der Waals surface area contributed by atoms with Gasteiger partial charge in [-0.2, -0.15) is 4.98 Å². The average Bonchev–Trinajstić information content (AvgIpc) is 3.44. The quantitative estimate of drug-likeness (QED) is 0.741. The maximum atomic E-state index is 12.6. The van der Waals surface area contributed by atoms with Crippen molar-refractivity contribution >= 4 is 5.91 Å². The zero-order valence-electron chi connectivity index (χ0n) is 17.2. The molecule has 1 amide bonds. The van der Waals surface area contributed by atoms with Gasteiger partial charge in [0.25, 0.3) is 0 Å². The number of likely N-dealkylation sites (tertiary alicyclic amines) is 1. The number of benzene rings is 1. The summed E-state index contributed by atoms with van der Waals surface area (Å²) in [6.07, 6.45) is 2.61. The minimum atomic E-state index is -0.0846. The molecule has 0 aliphatic carbocycles. The topological polar surface area (TPSA) is 77.7 Å². The lowest BCUT2D eigenvalue weighted by atomic mass is 9.96. The molecule has 156 valence electrons. The lowest BCUT2D eigenvalue weighted by Gasteiger charge is -2.33. The molecule has 0 bridgehead atoms. The van der Waals surface area contributed by atoms with Crippen molar-refractivity contribution in [1.29, 1.82) is 0 Å². The normalized spacial score (nSPS) is 18.7. The van der Waals surface area contributed by atoms with Crippen molar-refractivity contribution in [3.8, 4) is 11.4 Å². The van der Waals surface area contributed by atoms with Gasteiger partial charge in [-0.05, 0) is 24.3 Å². The van der Waals surface area contributed by atoms with Gasteiger partial charge >= 0.3 is 0 Å². The van der Waals surface area contributed by atoms with Crippen molar-refractivity contribution in [2.75, 3.05) is 26.3 Å². The number of aryl methyl sites for hydroxylation is 1. The van der Waals surface area contributed by atoms with E-state index in [-0.39, 0.29) is 12.2 Å². The standard InChI is InChI=1S/C22H29N3O4/c1-15(2)16-3-5-17(6-4-16)21-23-19(29-24-21)7-8-20(26)25-11-9-18(10-12-25)22-27-13-14-28-22/h3-6,15,18,22H,7-14H2,1-2H3. The van der Waals surface area contributed by atoms with Crippen molar-refractivity contribution in [3.05, 3.63) is 35.7 Å². The van der Waals surface area contributed by atoms with Gasteiger partial charge in [0, 0.05) is 37.4 Å². The van der Waals surface area contributed by atoms with Crippen LogP contribution in [0.4, 0.5) is 0 Å². The van der Waals surface area contributed by atoms with Gasteiger partial charge in [-0.3, -0.25) is 4.79 Å². The Labute approximate surface area is 171 Å². The zero-order chi connectivity index (χ0) is 20.2. The molecule has 29 heavy (non-hydrogen) atoms. The van der Waals surface area contributed by atoms with Crippen molar-refractivity contribution in [3.63, 3.8) is 0 Å². The fraction of sp³-hybridized carbons (Fsp3) is 0.591. The maximum absolute atomic E-state index is 12.6. The molecule has 4 rings (SSSR count). The smallest absolute Gasteiger partial charge is 0.227 e. The number of aromatic nitrogens is 2. The summed E-state index contributed by atoms with van der Waals surface area (Å²) >= 11 is 0. The lowest BCUT2D eigenvalue weighted by Crippen LogP contribution is -2.41. The van der Waals surface area contributed by atoms with Crippen LogP contribution < -0.4 is 0 Å². The summed E-state index contributed by atoms with van der Waals surface area (Å²) in [4.78, 5) is 18.9. The number of amides is 1. The molecule has 2 fully saturated rings. The molecule has 2 saturated heterocycles. The molecule has 0 saturated carbocycles. The number of piperidine rings is 1. The molecule has 2 aliphatic heterocycles. The van der Waals surface area contributed by atoms with Gasteiger partial charge < -0.3 is 18.9 Å². The minimum Gasteiger partial charge on any atom is -0.350 e. The highest BCUT2D eigenvalue weighted by Gasteiger charge is 2.31. The van der Waals surface area contributed by atoms with Crippen LogP contribution in [-0.4, -0.2) is 53.5 Å². The largest absolute Gasteiger partial charge is 0.350 e. The molecular formula is C22H29N3O4. The first-order valence-electron chi connectivity index (χ1n) is 10.5. The molecule has 7 nitrogen and oxygen atoms in total. The molecule has 1 aromatic carbocycles. The van der Waals surface area contributed by atoms with Gasteiger partial charge in [-0.15, -0.1) is 0 Å². The summed E-state index contributed by atoms with van der Waals surface area (Å²) in [5, 5.41) is 4.07. The van der Waals surface area contributed by atoms with Gasteiger partial charge in [0.2, 0.25) is 17.6 Å².